The van der Waals surface area contributed by atoms with E-state index < -0.39 is 17.7 Å². The smallest absolute Gasteiger partial charge is 0.315 e. The topological polar surface area (TPSA) is 46.0 Å². The van der Waals surface area contributed by atoms with Crippen LogP contribution in [0.4, 0.5) is 8.78 Å². The molecule has 2 aromatic rings. The van der Waals surface area contributed by atoms with Crippen molar-refractivity contribution < 1.29 is 13.9 Å². The van der Waals surface area contributed by atoms with Gasteiger partial charge in [-0.15, -0.1) is 11.3 Å². The van der Waals surface area contributed by atoms with Crippen LogP contribution in [-0.4, -0.2) is 21.2 Å². The van der Waals surface area contributed by atoms with Gasteiger partial charge in [0.25, 0.3) is 0 Å². The van der Waals surface area contributed by atoms with Gasteiger partial charge in [-0.3, -0.25) is 9.97 Å². The van der Waals surface area contributed by atoms with Gasteiger partial charge in [-0.05, 0) is 12.1 Å². The molecule has 0 aromatic carbocycles. The molecule has 2 aromatic heterocycles. The van der Waals surface area contributed by atoms with Crippen molar-refractivity contribution in [1.82, 2.24) is 9.97 Å². The van der Waals surface area contributed by atoms with E-state index in [4.69, 9.17) is 0 Å². The molecule has 2 heterocycles. The largest absolute Gasteiger partial charge is 0.386 e. The van der Waals surface area contributed by atoms with Gasteiger partial charge in [-0.2, -0.15) is 8.78 Å². The van der Waals surface area contributed by atoms with Gasteiger partial charge in [-0.25, -0.2) is 0 Å². The molecule has 0 fully saturated rings. The zero-order valence-electron chi connectivity index (χ0n) is 8.75. The summed E-state index contributed by atoms with van der Waals surface area (Å²) in [5.41, 5.74) is 1.12. The van der Waals surface area contributed by atoms with Gasteiger partial charge in [0, 0.05) is 23.7 Å². The molecule has 6 heteroatoms. The lowest BCUT2D eigenvalue weighted by Gasteiger charge is -2.21. The Bertz CT molecular complexity index is 462. The lowest BCUT2D eigenvalue weighted by atomic mass is 10.1. The van der Waals surface area contributed by atoms with E-state index in [-0.39, 0.29) is 6.42 Å². The van der Waals surface area contributed by atoms with Gasteiger partial charge >= 0.3 is 5.92 Å². The highest BCUT2D eigenvalue weighted by molar-refractivity contribution is 7.09. The number of aliphatic hydroxyl groups is 1. The van der Waals surface area contributed by atoms with E-state index in [1.165, 1.54) is 35.9 Å². The predicted octanol–water partition coefficient (Wildman–Crippen LogP) is 2.23. The Labute approximate surface area is 101 Å². The third-order valence-corrected chi connectivity index (χ3v) is 3.10. The van der Waals surface area contributed by atoms with E-state index in [0.717, 1.165) is 0 Å². The third-order valence-electron chi connectivity index (χ3n) is 2.30. The fourth-order valence-electron chi connectivity index (χ4n) is 1.39. The molecule has 1 unspecified atom stereocenters. The fourth-order valence-corrected chi connectivity index (χ4v) is 2.03. The number of pyridine rings is 1. The Morgan fingerprint density at radius 2 is 2.24 bits per heavy atom. The average molecular weight is 256 g/mol. The van der Waals surface area contributed by atoms with Gasteiger partial charge in [0.05, 0.1) is 5.51 Å². The molecule has 0 saturated heterocycles. The highest BCUT2D eigenvalue weighted by Gasteiger charge is 2.41. The molecular formula is C11H10F2N2OS. The molecular weight excluding hydrogens is 246 g/mol. The van der Waals surface area contributed by atoms with Crippen molar-refractivity contribution >= 4 is 11.3 Å². The van der Waals surface area contributed by atoms with E-state index >= 15 is 0 Å². The Morgan fingerprint density at radius 3 is 2.82 bits per heavy atom. The summed E-state index contributed by atoms with van der Waals surface area (Å²) in [6.45, 7) is 0. The molecule has 0 bridgehead atoms. The van der Waals surface area contributed by atoms with Crippen LogP contribution in [0.2, 0.25) is 0 Å². The number of halogens is 2. The number of thiazole rings is 1. The van der Waals surface area contributed by atoms with Crippen molar-refractivity contribution in [2.24, 2.45) is 0 Å². The zero-order chi connectivity index (χ0) is 12.3. The van der Waals surface area contributed by atoms with Crippen LogP contribution in [0.25, 0.3) is 0 Å². The molecule has 17 heavy (non-hydrogen) atoms. The van der Waals surface area contributed by atoms with Crippen LogP contribution in [-0.2, 0) is 12.3 Å². The minimum absolute atomic E-state index is 0.131. The molecule has 1 atom stereocenters. The van der Waals surface area contributed by atoms with E-state index in [0.29, 0.717) is 4.88 Å². The quantitative estimate of drug-likeness (QED) is 0.912. The first-order chi connectivity index (χ1) is 8.10. The van der Waals surface area contributed by atoms with Crippen LogP contribution in [0.15, 0.2) is 36.1 Å². The second-order valence-corrected chi connectivity index (χ2v) is 4.50. The number of rotatable bonds is 4. The predicted molar refractivity (Wildman–Crippen MR) is 60.0 cm³/mol. The maximum atomic E-state index is 13.8. The Kier molecular flexibility index (Phi) is 3.44. The molecule has 2 rings (SSSR count). The highest BCUT2D eigenvalue weighted by atomic mass is 32.1. The number of alkyl halides is 2. The van der Waals surface area contributed by atoms with Crippen molar-refractivity contribution in [2.45, 2.75) is 18.4 Å². The van der Waals surface area contributed by atoms with Crippen LogP contribution in [0.5, 0.6) is 0 Å². The van der Waals surface area contributed by atoms with E-state index in [1.54, 1.807) is 11.6 Å². The van der Waals surface area contributed by atoms with Crippen LogP contribution in [0, 0.1) is 0 Å². The van der Waals surface area contributed by atoms with Gasteiger partial charge in [0.2, 0.25) is 0 Å². The highest BCUT2D eigenvalue weighted by Crippen LogP contribution is 2.32. The van der Waals surface area contributed by atoms with Crippen molar-refractivity contribution in [3.8, 4) is 0 Å². The molecule has 3 nitrogen and oxygen atoms in total. The summed E-state index contributed by atoms with van der Waals surface area (Å²) in [7, 11) is 0. The maximum Gasteiger partial charge on any atom is 0.315 e. The van der Waals surface area contributed by atoms with Crippen LogP contribution >= 0.6 is 11.3 Å². The first kappa shape index (κ1) is 12.1. The Morgan fingerprint density at radius 1 is 1.41 bits per heavy atom. The van der Waals surface area contributed by atoms with E-state index in [2.05, 4.69) is 9.97 Å². The van der Waals surface area contributed by atoms with Gasteiger partial charge in [0.15, 0.2) is 0 Å². The molecule has 0 saturated carbocycles. The minimum Gasteiger partial charge on any atom is -0.386 e. The molecule has 0 aliphatic heterocycles. The van der Waals surface area contributed by atoms with E-state index in [9.17, 15) is 13.9 Å². The minimum atomic E-state index is -3.36. The van der Waals surface area contributed by atoms with Crippen molar-refractivity contribution in [1.29, 1.82) is 0 Å². The maximum absolute atomic E-state index is 13.8. The van der Waals surface area contributed by atoms with Crippen LogP contribution in [0.3, 0.4) is 0 Å². The molecule has 0 aliphatic rings. The summed E-state index contributed by atoms with van der Waals surface area (Å²) >= 11 is 1.24. The third kappa shape index (κ3) is 2.65. The second kappa shape index (κ2) is 4.85. The Balaban J connectivity index is 2.15. The van der Waals surface area contributed by atoms with Crippen molar-refractivity contribution in [3.63, 3.8) is 0 Å². The summed E-state index contributed by atoms with van der Waals surface area (Å²) < 4.78 is 27.6. The van der Waals surface area contributed by atoms with E-state index in [1.807, 2.05) is 0 Å². The van der Waals surface area contributed by atoms with Crippen molar-refractivity contribution in [3.05, 3.63) is 46.7 Å². The monoisotopic (exact) mass is 256 g/mol. The standard InChI is InChI=1S/C11H10F2N2OS/c12-11(13,9-3-1-2-4-15-9)10(16)5-8-6-14-7-17-8/h1-4,6-7,10,16H,5H2. The van der Waals surface area contributed by atoms with Gasteiger partial charge < -0.3 is 5.11 Å². The molecule has 0 radical (unpaired) electrons. The lowest BCUT2D eigenvalue weighted by Crippen LogP contribution is -2.33. The summed E-state index contributed by atoms with van der Waals surface area (Å²) in [5, 5.41) is 9.59. The number of hydrogen-bond donors (Lipinski definition) is 1. The first-order valence-electron chi connectivity index (χ1n) is 4.95. The number of hydrogen-bond acceptors (Lipinski definition) is 4. The average Bonchev–Trinajstić information content (AvgIpc) is 2.83. The van der Waals surface area contributed by atoms with Crippen LogP contribution < -0.4 is 0 Å². The Hall–Kier alpha value is -1.40. The summed E-state index contributed by atoms with van der Waals surface area (Å²) in [6, 6.07) is 4.22. The lowest BCUT2D eigenvalue weighted by molar-refractivity contribution is -0.117. The molecule has 0 aliphatic carbocycles. The summed E-state index contributed by atoms with van der Waals surface area (Å²) in [4.78, 5) is 7.97. The first-order valence-corrected chi connectivity index (χ1v) is 5.83. The van der Waals surface area contributed by atoms with Crippen molar-refractivity contribution in [2.75, 3.05) is 0 Å². The van der Waals surface area contributed by atoms with Crippen LogP contribution in [0.1, 0.15) is 10.6 Å². The summed E-state index contributed by atoms with van der Waals surface area (Å²) in [5.74, 6) is -3.36. The normalized spacial score (nSPS) is 13.6. The van der Waals surface area contributed by atoms with Gasteiger partial charge in [0.1, 0.15) is 11.8 Å². The molecule has 0 spiro atoms. The fraction of sp³-hybridized carbons (Fsp3) is 0.273. The second-order valence-electron chi connectivity index (χ2n) is 3.53. The van der Waals surface area contributed by atoms with Gasteiger partial charge in [-0.1, -0.05) is 6.07 Å². The SMILES string of the molecule is OC(Cc1cncs1)C(F)(F)c1ccccn1. The zero-order valence-corrected chi connectivity index (χ0v) is 9.57. The molecule has 90 valence electrons. The number of nitrogens with zero attached hydrogens (tertiary/aromatic N) is 2. The molecule has 0 amide bonds. The number of aliphatic hydroxyl groups excluding tert-OH is 1. The summed E-state index contributed by atoms with van der Waals surface area (Å²) in [6.07, 6.45) is 0.831. The molecule has 1 N–H and O–H groups in total. The number of aromatic nitrogens is 2.